The average molecular weight is 302 g/mol. The maximum absolute atomic E-state index is 11.7. The molecule has 0 unspecified atom stereocenters. The van der Waals surface area contributed by atoms with Crippen molar-refractivity contribution in [3.05, 3.63) is 20.8 Å². The van der Waals surface area contributed by atoms with Crippen LogP contribution >= 0.6 is 27.3 Å². The molecule has 1 saturated heterocycles. The molecule has 1 aromatic heterocycles. The topological polar surface area (TPSA) is 37.4 Å². The molecule has 1 aliphatic rings. The molecule has 0 aromatic carbocycles. The van der Waals surface area contributed by atoms with Crippen molar-refractivity contribution in [2.45, 2.75) is 32.2 Å². The lowest BCUT2D eigenvalue weighted by molar-refractivity contribution is -0.144. The van der Waals surface area contributed by atoms with Gasteiger partial charge in [-0.3, -0.25) is 14.5 Å². The lowest BCUT2D eigenvalue weighted by Gasteiger charge is -2.17. The molecular weight excluding hydrogens is 290 g/mol. The van der Waals surface area contributed by atoms with Gasteiger partial charge in [0.2, 0.25) is 11.8 Å². The standard InChI is InChI=1S/C11H12BrNO2S/c12-8-5-9(16-7-8)6-13-10(14)3-1-2-4-11(13)15/h5,7H,1-4,6H2. The third kappa shape index (κ3) is 2.71. The van der Waals surface area contributed by atoms with E-state index in [9.17, 15) is 9.59 Å². The largest absolute Gasteiger partial charge is 0.277 e. The summed E-state index contributed by atoms with van der Waals surface area (Å²) in [4.78, 5) is 25.9. The Labute approximate surface area is 107 Å². The van der Waals surface area contributed by atoms with Gasteiger partial charge in [-0.15, -0.1) is 11.3 Å². The van der Waals surface area contributed by atoms with Gasteiger partial charge >= 0.3 is 0 Å². The van der Waals surface area contributed by atoms with Crippen LogP contribution in [0.15, 0.2) is 15.9 Å². The highest BCUT2D eigenvalue weighted by atomic mass is 79.9. The van der Waals surface area contributed by atoms with E-state index in [1.807, 2.05) is 11.4 Å². The predicted molar refractivity (Wildman–Crippen MR) is 66.0 cm³/mol. The first-order valence-electron chi connectivity index (χ1n) is 5.23. The number of imide groups is 1. The lowest BCUT2D eigenvalue weighted by Crippen LogP contribution is -2.34. The number of amides is 2. The van der Waals surface area contributed by atoms with Crippen LogP contribution in [0, 0.1) is 0 Å². The molecule has 1 aliphatic heterocycles. The van der Waals surface area contributed by atoms with Gasteiger partial charge in [0.25, 0.3) is 0 Å². The van der Waals surface area contributed by atoms with E-state index in [0.29, 0.717) is 19.4 Å². The Bertz CT molecular complexity index is 398. The van der Waals surface area contributed by atoms with Gasteiger partial charge in [-0.2, -0.15) is 0 Å². The molecular formula is C11H12BrNO2S. The summed E-state index contributed by atoms with van der Waals surface area (Å²) in [6, 6.07) is 1.95. The number of hydrogen-bond donors (Lipinski definition) is 0. The molecule has 0 saturated carbocycles. The molecule has 5 heteroatoms. The molecule has 2 amide bonds. The van der Waals surface area contributed by atoms with Crippen molar-refractivity contribution in [3.63, 3.8) is 0 Å². The zero-order chi connectivity index (χ0) is 11.5. The van der Waals surface area contributed by atoms with Gasteiger partial charge in [0.05, 0.1) is 6.54 Å². The van der Waals surface area contributed by atoms with Gasteiger partial charge in [0, 0.05) is 27.6 Å². The molecule has 1 aromatic rings. The SMILES string of the molecule is O=C1CCCCC(=O)N1Cc1cc(Br)cs1. The van der Waals surface area contributed by atoms with Crippen LogP contribution in [0.3, 0.4) is 0 Å². The van der Waals surface area contributed by atoms with Crippen LogP contribution in [-0.4, -0.2) is 16.7 Å². The number of carbonyl (C=O) groups excluding carboxylic acids is 2. The molecule has 0 spiro atoms. The van der Waals surface area contributed by atoms with E-state index >= 15 is 0 Å². The first kappa shape index (κ1) is 11.8. The summed E-state index contributed by atoms with van der Waals surface area (Å²) in [5.74, 6) is -0.0703. The van der Waals surface area contributed by atoms with Crippen LogP contribution in [0.2, 0.25) is 0 Å². The Hall–Kier alpha value is -0.680. The molecule has 0 N–H and O–H groups in total. The molecule has 2 rings (SSSR count). The summed E-state index contributed by atoms with van der Waals surface area (Å²) in [7, 11) is 0. The minimum absolute atomic E-state index is 0.0352. The molecule has 0 radical (unpaired) electrons. The highest BCUT2D eigenvalue weighted by Crippen LogP contribution is 2.23. The molecule has 2 heterocycles. The van der Waals surface area contributed by atoms with Crippen LogP contribution in [0.5, 0.6) is 0 Å². The van der Waals surface area contributed by atoms with Gasteiger partial charge in [-0.25, -0.2) is 0 Å². The monoisotopic (exact) mass is 301 g/mol. The predicted octanol–water partition coefficient (Wildman–Crippen LogP) is 2.94. The third-order valence-corrected chi connectivity index (χ3v) is 4.25. The first-order valence-corrected chi connectivity index (χ1v) is 6.90. The number of nitrogens with zero attached hydrogens (tertiary/aromatic N) is 1. The Morgan fingerprint density at radius 2 is 1.88 bits per heavy atom. The van der Waals surface area contributed by atoms with Gasteiger partial charge in [-0.05, 0) is 34.8 Å². The second kappa shape index (κ2) is 5.10. The number of likely N-dealkylation sites (tertiary alicyclic amines) is 1. The van der Waals surface area contributed by atoms with Crippen LogP contribution < -0.4 is 0 Å². The van der Waals surface area contributed by atoms with E-state index in [4.69, 9.17) is 0 Å². The Kier molecular flexibility index (Phi) is 3.76. The van der Waals surface area contributed by atoms with Gasteiger partial charge in [0.1, 0.15) is 0 Å². The van der Waals surface area contributed by atoms with Crippen LogP contribution in [0.1, 0.15) is 30.6 Å². The second-order valence-electron chi connectivity index (χ2n) is 3.81. The number of thiophene rings is 1. The van der Waals surface area contributed by atoms with Crippen molar-refractivity contribution in [2.24, 2.45) is 0 Å². The maximum Gasteiger partial charge on any atom is 0.229 e. The van der Waals surface area contributed by atoms with Crippen LogP contribution in [0.4, 0.5) is 0 Å². The Morgan fingerprint density at radius 1 is 1.25 bits per heavy atom. The Morgan fingerprint density at radius 3 is 2.38 bits per heavy atom. The highest BCUT2D eigenvalue weighted by Gasteiger charge is 2.24. The number of rotatable bonds is 2. The molecule has 3 nitrogen and oxygen atoms in total. The van der Waals surface area contributed by atoms with Gasteiger partial charge in [-0.1, -0.05) is 0 Å². The van der Waals surface area contributed by atoms with E-state index in [1.54, 1.807) is 11.3 Å². The molecule has 1 fully saturated rings. The van der Waals surface area contributed by atoms with Crippen LogP contribution in [-0.2, 0) is 16.1 Å². The zero-order valence-electron chi connectivity index (χ0n) is 8.74. The van der Waals surface area contributed by atoms with E-state index in [-0.39, 0.29) is 11.8 Å². The fraction of sp³-hybridized carbons (Fsp3) is 0.455. The Balaban J connectivity index is 2.11. The lowest BCUT2D eigenvalue weighted by atomic mass is 10.2. The molecule has 16 heavy (non-hydrogen) atoms. The summed E-state index contributed by atoms with van der Waals surface area (Å²) in [6.45, 7) is 0.425. The average Bonchev–Trinajstić information content (AvgIpc) is 2.59. The highest BCUT2D eigenvalue weighted by molar-refractivity contribution is 9.10. The summed E-state index contributed by atoms with van der Waals surface area (Å²) in [5, 5.41) is 1.96. The smallest absolute Gasteiger partial charge is 0.229 e. The van der Waals surface area contributed by atoms with Crippen molar-refractivity contribution in [3.8, 4) is 0 Å². The normalized spacial score (nSPS) is 17.7. The van der Waals surface area contributed by atoms with Gasteiger partial charge in [0.15, 0.2) is 0 Å². The number of hydrogen-bond acceptors (Lipinski definition) is 3. The minimum Gasteiger partial charge on any atom is -0.277 e. The molecule has 86 valence electrons. The quantitative estimate of drug-likeness (QED) is 0.788. The first-order chi connectivity index (χ1) is 7.66. The van der Waals surface area contributed by atoms with E-state index in [1.165, 1.54) is 4.90 Å². The van der Waals surface area contributed by atoms with E-state index in [2.05, 4.69) is 15.9 Å². The summed E-state index contributed by atoms with van der Waals surface area (Å²) in [5.41, 5.74) is 0. The van der Waals surface area contributed by atoms with Crippen molar-refractivity contribution in [1.82, 2.24) is 4.90 Å². The third-order valence-electron chi connectivity index (χ3n) is 2.57. The van der Waals surface area contributed by atoms with E-state index in [0.717, 1.165) is 22.2 Å². The second-order valence-corrected chi connectivity index (χ2v) is 5.72. The number of halogens is 1. The maximum atomic E-state index is 11.7. The fourth-order valence-electron chi connectivity index (χ4n) is 1.73. The molecule has 0 atom stereocenters. The van der Waals surface area contributed by atoms with E-state index < -0.39 is 0 Å². The van der Waals surface area contributed by atoms with Crippen molar-refractivity contribution < 1.29 is 9.59 Å². The summed E-state index contributed by atoms with van der Waals surface area (Å²) < 4.78 is 1.00. The number of carbonyl (C=O) groups is 2. The van der Waals surface area contributed by atoms with Gasteiger partial charge < -0.3 is 0 Å². The molecule has 0 aliphatic carbocycles. The summed E-state index contributed by atoms with van der Waals surface area (Å²) >= 11 is 4.93. The van der Waals surface area contributed by atoms with Crippen LogP contribution in [0.25, 0.3) is 0 Å². The van der Waals surface area contributed by atoms with Crippen molar-refractivity contribution in [1.29, 1.82) is 0 Å². The fourth-order valence-corrected chi connectivity index (χ4v) is 3.17. The van der Waals surface area contributed by atoms with Crippen molar-refractivity contribution >= 4 is 39.1 Å². The summed E-state index contributed by atoms with van der Waals surface area (Å²) in [6.07, 6.45) is 2.65. The molecule has 0 bridgehead atoms. The zero-order valence-corrected chi connectivity index (χ0v) is 11.1. The van der Waals surface area contributed by atoms with Crippen molar-refractivity contribution in [2.75, 3.05) is 0 Å². The minimum atomic E-state index is -0.0352.